The van der Waals surface area contributed by atoms with Crippen LogP contribution in [0.4, 0.5) is 0 Å². The van der Waals surface area contributed by atoms with Crippen LogP contribution in [-0.4, -0.2) is 45.7 Å². The first-order valence-electron chi connectivity index (χ1n) is 7.64. The van der Waals surface area contributed by atoms with Gasteiger partial charge in [-0.3, -0.25) is 4.90 Å². The maximum atomic E-state index is 6.13. The Labute approximate surface area is 135 Å². The van der Waals surface area contributed by atoms with Crippen molar-refractivity contribution in [3.05, 3.63) is 29.5 Å². The molecule has 0 spiro atoms. The molecule has 0 aromatic carbocycles. The lowest BCUT2D eigenvalue weighted by Gasteiger charge is -2.21. The second-order valence-corrected chi connectivity index (χ2v) is 6.12. The molecule has 0 N–H and O–H groups in total. The minimum atomic E-state index is 0.505. The standard InChI is InChI=1S/C16H21ClN4O/c1-12-4-3-6-20(12)8-9-21-7-5-18-16(21)14-10-13(17)11-15(19-14)22-2/h5,7,10-12H,3-4,6,8-9H2,1-2H3/t12-/m0/s1. The van der Waals surface area contributed by atoms with Crippen molar-refractivity contribution in [3.63, 3.8) is 0 Å². The highest BCUT2D eigenvalue weighted by Crippen LogP contribution is 2.24. The van der Waals surface area contributed by atoms with Gasteiger partial charge in [0.25, 0.3) is 0 Å². The number of methoxy groups -OCH3 is 1. The SMILES string of the molecule is COc1cc(Cl)cc(-c2nccn2CCN2CCC[C@@H]2C)n1. The van der Waals surface area contributed by atoms with Crippen LogP contribution in [0.2, 0.25) is 5.02 Å². The largest absolute Gasteiger partial charge is 0.481 e. The Morgan fingerprint density at radius 1 is 1.36 bits per heavy atom. The molecule has 1 aliphatic heterocycles. The maximum absolute atomic E-state index is 6.13. The number of aromatic nitrogens is 3. The number of ether oxygens (including phenoxy) is 1. The maximum Gasteiger partial charge on any atom is 0.215 e. The Kier molecular flexibility index (Phi) is 4.64. The molecule has 6 heteroatoms. The smallest absolute Gasteiger partial charge is 0.215 e. The molecule has 0 unspecified atom stereocenters. The van der Waals surface area contributed by atoms with E-state index in [4.69, 9.17) is 16.3 Å². The topological polar surface area (TPSA) is 43.2 Å². The van der Waals surface area contributed by atoms with Crippen molar-refractivity contribution in [1.82, 2.24) is 19.4 Å². The number of hydrogen-bond acceptors (Lipinski definition) is 4. The summed E-state index contributed by atoms with van der Waals surface area (Å²) in [5, 5.41) is 0.601. The summed E-state index contributed by atoms with van der Waals surface area (Å²) >= 11 is 6.13. The summed E-state index contributed by atoms with van der Waals surface area (Å²) in [6.07, 6.45) is 6.39. The Hall–Kier alpha value is -1.59. The number of rotatable bonds is 5. The van der Waals surface area contributed by atoms with Crippen molar-refractivity contribution >= 4 is 11.6 Å². The Balaban J connectivity index is 1.78. The quantitative estimate of drug-likeness (QED) is 0.849. The predicted octanol–water partition coefficient (Wildman–Crippen LogP) is 3.09. The molecule has 0 bridgehead atoms. The third-order valence-corrected chi connectivity index (χ3v) is 4.46. The van der Waals surface area contributed by atoms with Crippen LogP contribution in [0, 0.1) is 0 Å². The van der Waals surface area contributed by atoms with Gasteiger partial charge >= 0.3 is 0 Å². The highest BCUT2D eigenvalue weighted by Gasteiger charge is 2.20. The van der Waals surface area contributed by atoms with Gasteiger partial charge in [0, 0.05) is 42.6 Å². The van der Waals surface area contributed by atoms with Gasteiger partial charge in [-0.1, -0.05) is 11.6 Å². The van der Waals surface area contributed by atoms with E-state index in [-0.39, 0.29) is 0 Å². The lowest BCUT2D eigenvalue weighted by molar-refractivity contribution is 0.258. The number of pyridine rings is 1. The van der Waals surface area contributed by atoms with Gasteiger partial charge in [0.2, 0.25) is 5.88 Å². The van der Waals surface area contributed by atoms with Crippen LogP contribution in [0.5, 0.6) is 5.88 Å². The van der Waals surface area contributed by atoms with Crippen LogP contribution < -0.4 is 4.74 Å². The summed E-state index contributed by atoms with van der Waals surface area (Å²) in [5.74, 6) is 1.33. The first-order chi connectivity index (χ1) is 10.7. The van der Waals surface area contributed by atoms with Crippen LogP contribution in [0.25, 0.3) is 11.5 Å². The average Bonchev–Trinajstić information content (AvgIpc) is 3.13. The molecule has 3 heterocycles. The summed E-state index contributed by atoms with van der Waals surface area (Å²) in [6.45, 7) is 5.41. The van der Waals surface area contributed by atoms with E-state index in [0.29, 0.717) is 16.9 Å². The fraction of sp³-hybridized carbons (Fsp3) is 0.500. The molecule has 5 nitrogen and oxygen atoms in total. The van der Waals surface area contributed by atoms with E-state index >= 15 is 0 Å². The lowest BCUT2D eigenvalue weighted by Crippen LogP contribution is -2.30. The molecule has 2 aromatic heterocycles. The normalized spacial score (nSPS) is 18.8. The summed E-state index contributed by atoms with van der Waals surface area (Å²) in [7, 11) is 1.59. The number of halogens is 1. The molecule has 1 saturated heterocycles. The average molecular weight is 321 g/mol. The van der Waals surface area contributed by atoms with Crippen LogP contribution in [0.15, 0.2) is 24.5 Å². The van der Waals surface area contributed by atoms with Crippen molar-refractivity contribution < 1.29 is 4.74 Å². The number of imidazole rings is 1. The molecule has 2 aromatic rings. The Bertz CT molecular complexity index is 643. The minimum absolute atomic E-state index is 0.505. The molecule has 1 fully saturated rings. The molecule has 1 atom stereocenters. The van der Waals surface area contributed by atoms with Gasteiger partial charge in [0.15, 0.2) is 5.82 Å². The summed E-state index contributed by atoms with van der Waals surface area (Å²) in [4.78, 5) is 11.4. The van der Waals surface area contributed by atoms with Crippen LogP contribution >= 0.6 is 11.6 Å². The van der Waals surface area contributed by atoms with Crippen molar-refractivity contribution in [2.75, 3.05) is 20.2 Å². The van der Waals surface area contributed by atoms with Crippen molar-refractivity contribution in [2.24, 2.45) is 0 Å². The highest BCUT2D eigenvalue weighted by molar-refractivity contribution is 6.30. The second kappa shape index (κ2) is 6.67. The molecule has 1 aliphatic rings. The zero-order valence-corrected chi connectivity index (χ0v) is 13.8. The molecular weight excluding hydrogens is 300 g/mol. The highest BCUT2D eigenvalue weighted by atomic mass is 35.5. The molecule has 0 amide bonds. The van der Waals surface area contributed by atoms with Crippen LogP contribution in [-0.2, 0) is 6.54 Å². The van der Waals surface area contributed by atoms with Crippen molar-refractivity contribution in [1.29, 1.82) is 0 Å². The van der Waals surface area contributed by atoms with Crippen molar-refractivity contribution in [2.45, 2.75) is 32.4 Å². The van der Waals surface area contributed by atoms with E-state index in [1.807, 2.05) is 12.3 Å². The third kappa shape index (κ3) is 3.25. The van der Waals surface area contributed by atoms with Gasteiger partial charge in [0.05, 0.1) is 7.11 Å². The number of hydrogen-bond donors (Lipinski definition) is 0. The first-order valence-corrected chi connectivity index (χ1v) is 8.02. The molecule has 0 aliphatic carbocycles. The predicted molar refractivity (Wildman–Crippen MR) is 87.3 cm³/mol. The third-order valence-electron chi connectivity index (χ3n) is 4.24. The van der Waals surface area contributed by atoms with E-state index in [1.54, 1.807) is 19.4 Å². The van der Waals surface area contributed by atoms with Gasteiger partial charge in [-0.2, -0.15) is 0 Å². The number of likely N-dealkylation sites (tertiary alicyclic amines) is 1. The Morgan fingerprint density at radius 2 is 2.23 bits per heavy atom. The molecule has 0 radical (unpaired) electrons. The molecule has 22 heavy (non-hydrogen) atoms. The fourth-order valence-corrected chi connectivity index (χ4v) is 3.17. The minimum Gasteiger partial charge on any atom is -0.481 e. The van der Waals surface area contributed by atoms with Crippen molar-refractivity contribution in [3.8, 4) is 17.4 Å². The van der Waals surface area contributed by atoms with E-state index in [2.05, 4.69) is 26.4 Å². The van der Waals surface area contributed by atoms with Gasteiger partial charge in [-0.05, 0) is 32.4 Å². The van der Waals surface area contributed by atoms with Gasteiger partial charge < -0.3 is 9.30 Å². The van der Waals surface area contributed by atoms with Crippen LogP contribution in [0.1, 0.15) is 19.8 Å². The zero-order chi connectivity index (χ0) is 15.5. The van der Waals surface area contributed by atoms with E-state index in [9.17, 15) is 0 Å². The first kappa shape index (κ1) is 15.3. The van der Waals surface area contributed by atoms with Gasteiger partial charge in [-0.15, -0.1) is 0 Å². The number of nitrogens with zero attached hydrogens (tertiary/aromatic N) is 4. The monoisotopic (exact) mass is 320 g/mol. The second-order valence-electron chi connectivity index (χ2n) is 5.68. The molecule has 0 saturated carbocycles. The Morgan fingerprint density at radius 3 is 2.95 bits per heavy atom. The fourth-order valence-electron chi connectivity index (χ4n) is 2.98. The van der Waals surface area contributed by atoms with Gasteiger partial charge in [0.1, 0.15) is 5.69 Å². The van der Waals surface area contributed by atoms with Gasteiger partial charge in [-0.25, -0.2) is 9.97 Å². The van der Waals surface area contributed by atoms with E-state index in [0.717, 1.165) is 24.6 Å². The molecular formula is C16H21ClN4O. The summed E-state index contributed by atoms with van der Waals surface area (Å²) in [5.41, 5.74) is 0.740. The molecule has 118 valence electrons. The summed E-state index contributed by atoms with van der Waals surface area (Å²) < 4.78 is 7.32. The van der Waals surface area contributed by atoms with E-state index < -0.39 is 0 Å². The summed E-state index contributed by atoms with van der Waals surface area (Å²) in [6, 6.07) is 4.20. The molecule has 3 rings (SSSR count). The van der Waals surface area contributed by atoms with Crippen LogP contribution in [0.3, 0.4) is 0 Å². The lowest BCUT2D eigenvalue weighted by atomic mass is 10.2. The van der Waals surface area contributed by atoms with E-state index in [1.165, 1.54) is 19.4 Å². The zero-order valence-electron chi connectivity index (χ0n) is 13.0.